The second kappa shape index (κ2) is 6.47. The second-order valence-electron chi connectivity index (χ2n) is 3.48. The number of carbonyl (C=O) groups is 2. The van der Waals surface area contributed by atoms with Crippen molar-refractivity contribution in [1.29, 1.82) is 0 Å². The van der Waals surface area contributed by atoms with Crippen LogP contribution in [0.15, 0.2) is 18.3 Å². The van der Waals surface area contributed by atoms with E-state index in [0.29, 0.717) is 24.3 Å². The zero-order chi connectivity index (χ0) is 12.7. The molecule has 2 amide bonds. The van der Waals surface area contributed by atoms with Crippen LogP contribution >= 0.6 is 0 Å². The standard InChI is InChI=1S/C11H16N4O2/c1-13-10-8(4-2-6-14-10)11(17)15-7-3-5-9(12)16/h2,4,6H,3,5,7H2,1H3,(H2,12,16)(H,13,14)(H,15,17). The zero-order valence-corrected chi connectivity index (χ0v) is 9.69. The average Bonchev–Trinajstić information content (AvgIpc) is 2.34. The molecule has 6 nitrogen and oxygen atoms in total. The predicted molar refractivity (Wildman–Crippen MR) is 64.5 cm³/mol. The number of hydrogen-bond acceptors (Lipinski definition) is 4. The molecule has 17 heavy (non-hydrogen) atoms. The first-order chi connectivity index (χ1) is 8.15. The van der Waals surface area contributed by atoms with Gasteiger partial charge in [0.1, 0.15) is 5.82 Å². The van der Waals surface area contributed by atoms with Crippen LogP contribution in [0.4, 0.5) is 5.82 Å². The van der Waals surface area contributed by atoms with Gasteiger partial charge in [-0.2, -0.15) is 0 Å². The molecule has 1 aromatic rings. The van der Waals surface area contributed by atoms with Crippen molar-refractivity contribution in [2.75, 3.05) is 18.9 Å². The van der Waals surface area contributed by atoms with Gasteiger partial charge in [-0.05, 0) is 18.6 Å². The van der Waals surface area contributed by atoms with Gasteiger partial charge in [-0.1, -0.05) is 0 Å². The van der Waals surface area contributed by atoms with Crippen molar-refractivity contribution < 1.29 is 9.59 Å². The van der Waals surface area contributed by atoms with Gasteiger partial charge >= 0.3 is 0 Å². The fourth-order valence-corrected chi connectivity index (χ4v) is 1.35. The van der Waals surface area contributed by atoms with Crippen molar-refractivity contribution in [2.24, 2.45) is 5.73 Å². The lowest BCUT2D eigenvalue weighted by atomic mass is 10.2. The molecule has 1 aromatic heterocycles. The first-order valence-corrected chi connectivity index (χ1v) is 5.34. The third-order valence-corrected chi connectivity index (χ3v) is 2.17. The Kier molecular flexibility index (Phi) is 4.93. The maximum atomic E-state index is 11.8. The molecule has 1 rings (SSSR count). The van der Waals surface area contributed by atoms with E-state index in [0.717, 1.165) is 0 Å². The Hall–Kier alpha value is -2.11. The lowest BCUT2D eigenvalue weighted by molar-refractivity contribution is -0.118. The normalized spacial score (nSPS) is 9.71. The van der Waals surface area contributed by atoms with E-state index in [4.69, 9.17) is 5.73 Å². The summed E-state index contributed by atoms with van der Waals surface area (Å²) in [6.45, 7) is 0.416. The van der Waals surface area contributed by atoms with Crippen molar-refractivity contribution in [2.45, 2.75) is 12.8 Å². The Morgan fingerprint density at radius 2 is 2.24 bits per heavy atom. The van der Waals surface area contributed by atoms with E-state index in [1.165, 1.54) is 0 Å². The molecule has 0 aliphatic rings. The molecule has 0 fully saturated rings. The Labute approximate surface area is 99.6 Å². The molecule has 0 aliphatic heterocycles. The third kappa shape index (κ3) is 4.10. The van der Waals surface area contributed by atoms with Gasteiger partial charge in [-0.15, -0.1) is 0 Å². The number of rotatable bonds is 6. The van der Waals surface area contributed by atoms with Crippen LogP contribution in [0.5, 0.6) is 0 Å². The number of nitrogens with one attached hydrogen (secondary N) is 2. The fraction of sp³-hybridized carbons (Fsp3) is 0.364. The summed E-state index contributed by atoms with van der Waals surface area (Å²) in [6.07, 6.45) is 2.41. The summed E-state index contributed by atoms with van der Waals surface area (Å²) in [4.78, 5) is 26.3. The van der Waals surface area contributed by atoms with Crippen LogP contribution in [0.1, 0.15) is 23.2 Å². The summed E-state index contributed by atoms with van der Waals surface area (Å²) < 4.78 is 0. The lowest BCUT2D eigenvalue weighted by Crippen LogP contribution is -2.26. The molecule has 0 aromatic carbocycles. The zero-order valence-electron chi connectivity index (χ0n) is 9.69. The Bertz CT molecular complexity index is 406. The smallest absolute Gasteiger partial charge is 0.255 e. The molecule has 0 saturated carbocycles. The molecule has 0 atom stereocenters. The Morgan fingerprint density at radius 1 is 1.47 bits per heavy atom. The highest BCUT2D eigenvalue weighted by molar-refractivity contribution is 5.98. The minimum absolute atomic E-state index is 0.216. The summed E-state index contributed by atoms with van der Waals surface area (Å²) in [5.74, 6) is -0.0524. The lowest BCUT2D eigenvalue weighted by Gasteiger charge is -2.08. The van der Waals surface area contributed by atoms with Gasteiger partial charge in [0.05, 0.1) is 5.56 Å². The second-order valence-corrected chi connectivity index (χ2v) is 3.48. The van der Waals surface area contributed by atoms with E-state index >= 15 is 0 Å². The number of hydrogen-bond donors (Lipinski definition) is 3. The number of carbonyl (C=O) groups excluding carboxylic acids is 2. The molecule has 0 saturated heterocycles. The van der Waals surface area contributed by atoms with E-state index in [2.05, 4.69) is 15.6 Å². The Balaban J connectivity index is 2.49. The number of nitrogens with zero attached hydrogens (tertiary/aromatic N) is 1. The summed E-state index contributed by atoms with van der Waals surface area (Å²) in [5.41, 5.74) is 5.48. The summed E-state index contributed by atoms with van der Waals surface area (Å²) in [6, 6.07) is 3.38. The van der Waals surface area contributed by atoms with E-state index < -0.39 is 0 Å². The molecule has 0 aliphatic carbocycles. The van der Waals surface area contributed by atoms with Crippen LogP contribution in [-0.4, -0.2) is 30.4 Å². The minimum Gasteiger partial charge on any atom is -0.372 e. The average molecular weight is 236 g/mol. The van der Waals surface area contributed by atoms with E-state index in [9.17, 15) is 9.59 Å². The molecule has 0 spiro atoms. The van der Waals surface area contributed by atoms with Gasteiger partial charge < -0.3 is 16.4 Å². The first-order valence-electron chi connectivity index (χ1n) is 5.34. The molecular formula is C11H16N4O2. The highest BCUT2D eigenvalue weighted by Gasteiger charge is 2.10. The molecule has 1 heterocycles. The molecule has 92 valence electrons. The minimum atomic E-state index is -0.364. The number of anilines is 1. The monoisotopic (exact) mass is 236 g/mol. The van der Waals surface area contributed by atoms with Gasteiger partial charge in [-0.25, -0.2) is 4.98 Å². The largest absolute Gasteiger partial charge is 0.372 e. The molecular weight excluding hydrogens is 220 g/mol. The van der Waals surface area contributed by atoms with Crippen LogP contribution in [0.3, 0.4) is 0 Å². The van der Waals surface area contributed by atoms with Crippen LogP contribution in [-0.2, 0) is 4.79 Å². The van der Waals surface area contributed by atoms with E-state index in [1.54, 1.807) is 25.4 Å². The van der Waals surface area contributed by atoms with Crippen molar-refractivity contribution in [3.05, 3.63) is 23.9 Å². The molecule has 6 heteroatoms. The number of aromatic nitrogens is 1. The van der Waals surface area contributed by atoms with Crippen LogP contribution in [0.25, 0.3) is 0 Å². The van der Waals surface area contributed by atoms with Crippen LogP contribution in [0, 0.1) is 0 Å². The molecule has 4 N–H and O–H groups in total. The van der Waals surface area contributed by atoms with Crippen molar-refractivity contribution in [1.82, 2.24) is 10.3 Å². The van der Waals surface area contributed by atoms with E-state index in [-0.39, 0.29) is 18.2 Å². The van der Waals surface area contributed by atoms with Crippen LogP contribution < -0.4 is 16.4 Å². The highest BCUT2D eigenvalue weighted by atomic mass is 16.2. The van der Waals surface area contributed by atoms with Gasteiger partial charge in [-0.3, -0.25) is 9.59 Å². The first kappa shape index (κ1) is 13.0. The summed E-state index contributed by atoms with van der Waals surface area (Å²) in [5, 5.41) is 5.54. The SMILES string of the molecule is CNc1ncccc1C(=O)NCCCC(N)=O. The van der Waals surface area contributed by atoms with Gasteiger partial charge in [0.2, 0.25) is 5.91 Å². The van der Waals surface area contributed by atoms with Gasteiger partial charge in [0, 0.05) is 26.2 Å². The highest BCUT2D eigenvalue weighted by Crippen LogP contribution is 2.09. The topological polar surface area (TPSA) is 97.1 Å². The quantitative estimate of drug-likeness (QED) is 0.611. The maximum absolute atomic E-state index is 11.8. The van der Waals surface area contributed by atoms with Crippen molar-refractivity contribution >= 4 is 17.6 Å². The number of nitrogens with two attached hydrogens (primary N) is 1. The maximum Gasteiger partial charge on any atom is 0.255 e. The van der Waals surface area contributed by atoms with Crippen molar-refractivity contribution in [3.8, 4) is 0 Å². The molecule has 0 radical (unpaired) electrons. The van der Waals surface area contributed by atoms with Gasteiger partial charge in [0.15, 0.2) is 0 Å². The van der Waals surface area contributed by atoms with Crippen molar-refractivity contribution in [3.63, 3.8) is 0 Å². The predicted octanol–water partition coefficient (Wildman–Crippen LogP) is 0.119. The summed E-state index contributed by atoms with van der Waals surface area (Å²) >= 11 is 0. The Morgan fingerprint density at radius 3 is 2.88 bits per heavy atom. The third-order valence-electron chi connectivity index (χ3n) is 2.17. The fourth-order valence-electron chi connectivity index (χ4n) is 1.35. The molecule has 0 bridgehead atoms. The summed E-state index contributed by atoms with van der Waals surface area (Å²) in [7, 11) is 1.70. The van der Waals surface area contributed by atoms with Gasteiger partial charge in [0.25, 0.3) is 5.91 Å². The van der Waals surface area contributed by atoms with Crippen LogP contribution in [0.2, 0.25) is 0 Å². The molecule has 0 unspecified atom stereocenters. The van der Waals surface area contributed by atoms with E-state index in [1.807, 2.05) is 0 Å². The number of primary amides is 1. The number of amides is 2. The number of pyridine rings is 1.